The Kier molecular flexibility index (Phi) is 15.6. The molecule has 2 aromatic heterocycles. The molecule has 3 heterocycles. The van der Waals surface area contributed by atoms with Crippen molar-refractivity contribution < 1.29 is 39.0 Å². The van der Waals surface area contributed by atoms with Crippen LogP contribution in [-0.4, -0.2) is 93.0 Å². The summed E-state index contributed by atoms with van der Waals surface area (Å²) in [5, 5.41) is 37.3. The molecule has 0 spiro atoms. The van der Waals surface area contributed by atoms with Crippen LogP contribution in [0.2, 0.25) is 0 Å². The van der Waals surface area contributed by atoms with Crippen molar-refractivity contribution in [3.8, 4) is 0 Å². The van der Waals surface area contributed by atoms with Gasteiger partial charge in [0.1, 0.15) is 43.9 Å². The molecule has 3 rings (SSSR count). The molecule has 4 bridgehead atoms. The lowest BCUT2D eigenvalue weighted by Gasteiger charge is -2.27. The minimum absolute atomic E-state index is 0.156. The fourth-order valence-corrected chi connectivity index (χ4v) is 7.44. The van der Waals surface area contributed by atoms with Crippen LogP contribution in [0.5, 0.6) is 0 Å². The van der Waals surface area contributed by atoms with E-state index in [9.17, 15) is 39.0 Å². The molecule has 0 unspecified atom stereocenters. The maximum absolute atomic E-state index is 13.6. The minimum atomic E-state index is -1.37. The van der Waals surface area contributed by atoms with Gasteiger partial charge >= 0.3 is 0 Å². The quantitative estimate of drug-likeness (QED) is 0.191. The maximum atomic E-state index is 13.6. The average molecular weight is 765 g/mol. The van der Waals surface area contributed by atoms with Crippen molar-refractivity contribution in [1.29, 1.82) is 0 Å². The third-order valence-electron chi connectivity index (χ3n) is 9.15. The molecule has 8 atom stereocenters. The van der Waals surface area contributed by atoms with Gasteiger partial charge in [0.2, 0.25) is 23.6 Å². The molecular formula is C34H52N8O8S2. The first kappa shape index (κ1) is 42.4. The number of carbonyl (C=O) groups excluding carboxylic acids is 6. The minimum Gasteiger partial charge on any atom is -0.394 e. The van der Waals surface area contributed by atoms with Crippen LogP contribution in [0, 0.1) is 23.7 Å². The highest BCUT2D eigenvalue weighted by molar-refractivity contribution is 7.14. The van der Waals surface area contributed by atoms with Gasteiger partial charge in [-0.05, 0) is 23.7 Å². The molecule has 0 aliphatic carbocycles. The summed E-state index contributed by atoms with van der Waals surface area (Å²) in [5.74, 6) is -5.14. The lowest BCUT2D eigenvalue weighted by Crippen LogP contribution is -2.57. The zero-order chi connectivity index (χ0) is 38.9. The topological polar surface area (TPSA) is 241 Å². The Labute approximate surface area is 311 Å². The highest BCUT2D eigenvalue weighted by Gasteiger charge is 2.35. The Hall–Kier alpha value is -4.00. The molecular weight excluding hydrogens is 713 g/mol. The van der Waals surface area contributed by atoms with E-state index in [-0.39, 0.29) is 33.4 Å². The molecule has 52 heavy (non-hydrogen) atoms. The summed E-state index contributed by atoms with van der Waals surface area (Å²) in [6, 6.07) is -6.32. The van der Waals surface area contributed by atoms with Gasteiger partial charge in [0.15, 0.2) is 0 Å². The normalized spacial score (nSPS) is 25.6. The van der Waals surface area contributed by atoms with Crippen molar-refractivity contribution in [2.24, 2.45) is 23.7 Å². The first-order chi connectivity index (χ1) is 24.6. The summed E-state index contributed by atoms with van der Waals surface area (Å²) in [6.45, 7) is 13.1. The molecule has 0 saturated carbocycles. The van der Waals surface area contributed by atoms with Crippen molar-refractivity contribution >= 4 is 58.1 Å². The predicted molar refractivity (Wildman–Crippen MR) is 195 cm³/mol. The summed E-state index contributed by atoms with van der Waals surface area (Å²) in [5.41, 5.74) is 0. The molecule has 6 amide bonds. The number of aliphatic hydroxyl groups is 2. The Balaban J connectivity index is 2.08. The second-order valence-corrected chi connectivity index (χ2v) is 15.9. The van der Waals surface area contributed by atoms with Crippen LogP contribution in [-0.2, 0) is 19.2 Å². The highest BCUT2D eigenvalue weighted by atomic mass is 32.1. The van der Waals surface area contributed by atoms with E-state index in [0.29, 0.717) is 22.9 Å². The number of amides is 6. The number of nitrogens with one attached hydrogen (secondary N) is 6. The largest absolute Gasteiger partial charge is 0.394 e. The van der Waals surface area contributed by atoms with Gasteiger partial charge in [-0.2, -0.15) is 0 Å². The first-order valence-electron chi connectivity index (χ1n) is 17.5. The van der Waals surface area contributed by atoms with Crippen molar-refractivity contribution in [1.82, 2.24) is 41.9 Å². The molecule has 0 fully saturated rings. The Morgan fingerprint density at radius 1 is 0.558 bits per heavy atom. The monoisotopic (exact) mass is 764 g/mol. The first-order valence-corrected chi connectivity index (χ1v) is 19.2. The van der Waals surface area contributed by atoms with Gasteiger partial charge in [-0.15, -0.1) is 22.7 Å². The summed E-state index contributed by atoms with van der Waals surface area (Å²) in [7, 11) is 0. The number of hydrogen-bond donors (Lipinski definition) is 8. The van der Waals surface area contributed by atoms with Crippen LogP contribution in [0.15, 0.2) is 12.4 Å². The van der Waals surface area contributed by atoms with E-state index in [4.69, 9.17) is 0 Å². The number of aromatic nitrogens is 2. The second kappa shape index (κ2) is 19.2. The fraction of sp³-hybridized carbons (Fsp3) is 0.647. The number of nitrogens with zero attached hydrogens (tertiary/aromatic N) is 2. The molecule has 16 nitrogen and oxygen atoms in total. The molecule has 8 N–H and O–H groups in total. The van der Waals surface area contributed by atoms with E-state index in [0.717, 1.165) is 22.7 Å². The van der Waals surface area contributed by atoms with Gasteiger partial charge in [-0.25, -0.2) is 9.97 Å². The molecule has 288 valence electrons. The number of hydrogen-bond acceptors (Lipinski definition) is 12. The molecule has 1 aliphatic heterocycles. The summed E-state index contributed by atoms with van der Waals surface area (Å²) in [6.07, 6.45) is 3.66. The van der Waals surface area contributed by atoms with E-state index >= 15 is 0 Å². The second-order valence-electron chi connectivity index (χ2n) is 13.7. The van der Waals surface area contributed by atoms with E-state index < -0.39 is 84.9 Å². The van der Waals surface area contributed by atoms with Gasteiger partial charge < -0.3 is 42.1 Å². The summed E-state index contributed by atoms with van der Waals surface area (Å²) >= 11 is 2.01. The molecule has 0 saturated heterocycles. The molecule has 0 aromatic carbocycles. The van der Waals surface area contributed by atoms with E-state index in [1.165, 1.54) is 12.4 Å². The zero-order valence-electron chi connectivity index (χ0n) is 30.8. The van der Waals surface area contributed by atoms with Crippen LogP contribution < -0.4 is 31.9 Å². The number of carbonyl (C=O) groups is 6. The Morgan fingerprint density at radius 2 is 0.904 bits per heavy atom. The number of thiazole rings is 2. The van der Waals surface area contributed by atoms with Crippen molar-refractivity contribution in [3.63, 3.8) is 0 Å². The van der Waals surface area contributed by atoms with Gasteiger partial charge in [-0.3, -0.25) is 28.8 Å². The van der Waals surface area contributed by atoms with Crippen LogP contribution in [0.25, 0.3) is 0 Å². The Bertz CT molecular complexity index is 1470. The average Bonchev–Trinajstić information content (AvgIpc) is 3.81. The highest BCUT2D eigenvalue weighted by Crippen LogP contribution is 2.28. The standard InChI is InChI=1S/C34H52N8O8S2/c1-9-17(7)25-31(49)37-19(13-43)27(45)39-24(16(5)6)34-36-12-22(52-34)30(48)42-26(18(8)10-2)32(50)38-20(14-44)28(46)40-23(15(3)4)33-35-11-21(51-33)29(47)41-25/h11-12,15-20,23-26,43-44H,9-10,13-14H2,1-8H3,(H,37,49)(H,38,50)(H,39,45)(H,40,46)(H,41,47)(H,42,48)/t17-,18-,19-,20-,23+,24+,25-,26-/m0/s1. The Morgan fingerprint density at radius 3 is 1.19 bits per heavy atom. The van der Waals surface area contributed by atoms with Crippen molar-refractivity contribution in [2.45, 2.75) is 104 Å². The number of fused-ring (bicyclic) bond motifs is 4. The van der Waals surface area contributed by atoms with E-state index in [2.05, 4.69) is 41.9 Å². The van der Waals surface area contributed by atoms with E-state index in [1.54, 1.807) is 13.8 Å². The maximum Gasteiger partial charge on any atom is 0.263 e. The van der Waals surface area contributed by atoms with Gasteiger partial charge in [0.05, 0.1) is 37.7 Å². The molecule has 0 radical (unpaired) electrons. The van der Waals surface area contributed by atoms with Crippen LogP contribution >= 0.6 is 22.7 Å². The van der Waals surface area contributed by atoms with E-state index in [1.807, 2.05) is 41.5 Å². The van der Waals surface area contributed by atoms with Crippen molar-refractivity contribution in [2.75, 3.05) is 13.2 Å². The van der Waals surface area contributed by atoms with Gasteiger partial charge in [-0.1, -0.05) is 68.2 Å². The van der Waals surface area contributed by atoms with Gasteiger partial charge in [0, 0.05) is 0 Å². The fourth-order valence-electron chi connectivity index (χ4n) is 5.35. The third-order valence-corrected chi connectivity index (χ3v) is 11.3. The van der Waals surface area contributed by atoms with Crippen LogP contribution in [0.1, 0.15) is 110 Å². The molecule has 2 aromatic rings. The number of aliphatic hydroxyl groups excluding tert-OH is 2. The molecule has 1 aliphatic rings. The number of rotatable bonds is 8. The lowest BCUT2D eigenvalue weighted by atomic mass is 9.97. The van der Waals surface area contributed by atoms with Crippen LogP contribution in [0.4, 0.5) is 0 Å². The lowest BCUT2D eigenvalue weighted by molar-refractivity contribution is -0.132. The van der Waals surface area contributed by atoms with Crippen LogP contribution in [0.3, 0.4) is 0 Å². The predicted octanol–water partition coefficient (Wildman–Crippen LogP) is 1.18. The summed E-state index contributed by atoms with van der Waals surface area (Å²) in [4.78, 5) is 90.1. The zero-order valence-corrected chi connectivity index (χ0v) is 32.4. The van der Waals surface area contributed by atoms with Crippen molar-refractivity contribution in [3.05, 3.63) is 32.2 Å². The SMILES string of the molecule is CC[C@H](C)[C@@H]1NC(=O)c2cnc(s2)[C@@H](C(C)C)NC(=O)[C@H](CO)NC(=O)[C@H]([C@@H](C)CC)NC(=O)c2cnc(s2)[C@@H](C(C)C)NC(=O)[C@H](CO)NC1=O. The van der Waals surface area contributed by atoms with Gasteiger partial charge in [0.25, 0.3) is 11.8 Å². The summed E-state index contributed by atoms with van der Waals surface area (Å²) < 4.78 is 0. The third kappa shape index (κ3) is 10.5. The smallest absolute Gasteiger partial charge is 0.263 e. The molecule has 18 heteroatoms.